The molecule has 1 fully saturated rings. The molecule has 2 rings (SSSR count). The van der Waals surface area contributed by atoms with E-state index in [1.165, 1.54) is 0 Å². The number of hydrogen-bond acceptors (Lipinski definition) is 4. The van der Waals surface area contributed by atoms with E-state index in [1.807, 2.05) is 24.3 Å². The largest absolute Gasteiger partial charge is 0.353 e. The number of nitriles is 1. The zero-order valence-electron chi connectivity index (χ0n) is 10.3. The summed E-state index contributed by atoms with van der Waals surface area (Å²) in [6.07, 6.45) is 1.18. The maximum Gasteiger partial charge on any atom is 0.172 e. The molecule has 1 aromatic carbocycles. The van der Waals surface area contributed by atoms with E-state index in [-0.39, 0.29) is 0 Å². The number of nitrogens with zero attached hydrogens (tertiary/aromatic N) is 1. The zero-order valence-corrected chi connectivity index (χ0v) is 12.7. The number of hydrogen-bond donors (Lipinski definition) is 0. The standard InChI is InChI=1S/C13H14BrNO2S/c1-16-13(17-2)7-12(8-13,9-15)18-11-5-3-10(14)4-6-11/h3-6H,7-8H2,1-2H3. The first-order valence-corrected chi connectivity index (χ1v) is 7.14. The Morgan fingerprint density at radius 3 is 2.22 bits per heavy atom. The molecular formula is C13H14BrNO2S. The number of rotatable bonds is 4. The molecule has 0 aliphatic heterocycles. The van der Waals surface area contributed by atoms with E-state index in [9.17, 15) is 5.26 Å². The molecule has 1 aliphatic rings. The summed E-state index contributed by atoms with van der Waals surface area (Å²) in [5.74, 6) is -0.585. The molecule has 0 spiro atoms. The van der Waals surface area contributed by atoms with Crippen LogP contribution in [0.1, 0.15) is 12.8 Å². The quantitative estimate of drug-likeness (QED) is 0.792. The third-order valence-electron chi connectivity index (χ3n) is 3.18. The minimum atomic E-state index is -0.585. The Labute approximate surface area is 120 Å². The van der Waals surface area contributed by atoms with E-state index < -0.39 is 10.5 Å². The fourth-order valence-electron chi connectivity index (χ4n) is 2.09. The highest BCUT2D eigenvalue weighted by atomic mass is 79.9. The molecule has 96 valence electrons. The van der Waals surface area contributed by atoms with E-state index in [4.69, 9.17) is 9.47 Å². The molecule has 0 N–H and O–H groups in total. The lowest BCUT2D eigenvalue weighted by atomic mass is 9.78. The predicted octanol–water partition coefficient (Wildman–Crippen LogP) is 3.59. The molecule has 18 heavy (non-hydrogen) atoms. The van der Waals surface area contributed by atoms with Crippen molar-refractivity contribution in [3.63, 3.8) is 0 Å². The van der Waals surface area contributed by atoms with Gasteiger partial charge in [-0.2, -0.15) is 5.26 Å². The maximum absolute atomic E-state index is 9.38. The predicted molar refractivity (Wildman–Crippen MR) is 74.3 cm³/mol. The van der Waals surface area contributed by atoms with Gasteiger partial charge in [0.15, 0.2) is 5.79 Å². The van der Waals surface area contributed by atoms with Crippen molar-refractivity contribution in [2.75, 3.05) is 14.2 Å². The Morgan fingerprint density at radius 2 is 1.78 bits per heavy atom. The van der Waals surface area contributed by atoms with Gasteiger partial charge in [0.25, 0.3) is 0 Å². The van der Waals surface area contributed by atoms with Crippen LogP contribution in [-0.2, 0) is 9.47 Å². The third kappa shape index (κ3) is 2.57. The van der Waals surface area contributed by atoms with Crippen molar-refractivity contribution < 1.29 is 9.47 Å². The van der Waals surface area contributed by atoms with Gasteiger partial charge in [-0.25, -0.2) is 0 Å². The summed E-state index contributed by atoms with van der Waals surface area (Å²) in [6, 6.07) is 10.4. The number of halogens is 1. The first kappa shape index (κ1) is 13.9. The SMILES string of the molecule is COC1(OC)CC(C#N)(Sc2ccc(Br)cc2)C1. The Morgan fingerprint density at radius 1 is 1.22 bits per heavy atom. The van der Waals surface area contributed by atoms with Crippen molar-refractivity contribution in [3.05, 3.63) is 28.7 Å². The van der Waals surface area contributed by atoms with Crippen molar-refractivity contribution in [1.29, 1.82) is 5.26 Å². The molecule has 3 nitrogen and oxygen atoms in total. The molecule has 0 unspecified atom stereocenters. The van der Waals surface area contributed by atoms with Crippen LogP contribution in [0.15, 0.2) is 33.6 Å². The molecule has 0 bridgehead atoms. The van der Waals surface area contributed by atoms with Gasteiger partial charge in [-0.15, -0.1) is 11.8 Å². The lowest BCUT2D eigenvalue weighted by Crippen LogP contribution is -2.56. The van der Waals surface area contributed by atoms with Crippen LogP contribution in [0.3, 0.4) is 0 Å². The van der Waals surface area contributed by atoms with Crippen molar-refractivity contribution >= 4 is 27.7 Å². The van der Waals surface area contributed by atoms with Crippen LogP contribution in [0, 0.1) is 11.3 Å². The number of ether oxygens (including phenoxy) is 2. The van der Waals surface area contributed by atoms with Crippen LogP contribution in [0.25, 0.3) is 0 Å². The van der Waals surface area contributed by atoms with E-state index >= 15 is 0 Å². The van der Waals surface area contributed by atoms with E-state index in [0.717, 1.165) is 9.37 Å². The van der Waals surface area contributed by atoms with E-state index in [2.05, 4.69) is 22.0 Å². The summed E-state index contributed by atoms with van der Waals surface area (Å²) in [6.45, 7) is 0. The Bertz CT molecular complexity index is 457. The average molecular weight is 328 g/mol. The minimum absolute atomic E-state index is 0.445. The number of thioether (sulfide) groups is 1. The molecule has 5 heteroatoms. The van der Waals surface area contributed by atoms with Crippen LogP contribution < -0.4 is 0 Å². The molecule has 1 saturated carbocycles. The second-order valence-corrected chi connectivity index (χ2v) is 6.71. The van der Waals surface area contributed by atoms with Gasteiger partial charge >= 0.3 is 0 Å². The molecule has 0 saturated heterocycles. The zero-order chi connectivity index (χ0) is 13.2. The van der Waals surface area contributed by atoms with E-state index in [1.54, 1.807) is 26.0 Å². The molecular weight excluding hydrogens is 314 g/mol. The van der Waals surface area contributed by atoms with Gasteiger partial charge in [0, 0.05) is 36.4 Å². The third-order valence-corrected chi connectivity index (χ3v) is 4.99. The molecule has 0 heterocycles. The van der Waals surface area contributed by atoms with E-state index in [0.29, 0.717) is 12.8 Å². The number of methoxy groups -OCH3 is 2. The van der Waals surface area contributed by atoms with Gasteiger partial charge in [-0.3, -0.25) is 0 Å². The molecule has 1 aliphatic carbocycles. The van der Waals surface area contributed by atoms with Crippen molar-refractivity contribution in [2.24, 2.45) is 0 Å². The lowest BCUT2D eigenvalue weighted by molar-refractivity contribution is -0.255. The highest BCUT2D eigenvalue weighted by Crippen LogP contribution is 2.54. The van der Waals surface area contributed by atoms with Crippen molar-refractivity contribution in [2.45, 2.75) is 28.3 Å². The molecule has 0 atom stereocenters. The summed E-state index contributed by atoms with van der Waals surface area (Å²) in [5, 5.41) is 9.38. The summed E-state index contributed by atoms with van der Waals surface area (Å²) in [7, 11) is 3.24. The van der Waals surface area contributed by atoms with Gasteiger partial charge in [-0.1, -0.05) is 15.9 Å². The summed E-state index contributed by atoms with van der Waals surface area (Å²) < 4.78 is 11.3. The second kappa shape index (κ2) is 5.22. The monoisotopic (exact) mass is 327 g/mol. The molecule has 0 aromatic heterocycles. The summed E-state index contributed by atoms with van der Waals surface area (Å²) in [5.41, 5.74) is 0. The Balaban J connectivity index is 2.09. The van der Waals surface area contributed by atoms with Crippen LogP contribution in [0.5, 0.6) is 0 Å². The Kier molecular flexibility index (Phi) is 4.02. The molecule has 0 radical (unpaired) electrons. The van der Waals surface area contributed by atoms with Gasteiger partial charge < -0.3 is 9.47 Å². The molecule has 1 aromatic rings. The maximum atomic E-state index is 9.38. The fourth-order valence-corrected chi connectivity index (χ4v) is 3.71. The van der Waals surface area contributed by atoms with Gasteiger partial charge in [0.1, 0.15) is 4.75 Å². The van der Waals surface area contributed by atoms with Crippen LogP contribution in [0.4, 0.5) is 0 Å². The first-order valence-electron chi connectivity index (χ1n) is 5.53. The summed E-state index contributed by atoms with van der Waals surface area (Å²) >= 11 is 4.98. The highest BCUT2D eigenvalue weighted by molar-refractivity contribution is 9.10. The smallest absolute Gasteiger partial charge is 0.172 e. The number of benzene rings is 1. The van der Waals surface area contributed by atoms with Crippen molar-refractivity contribution in [3.8, 4) is 6.07 Å². The topological polar surface area (TPSA) is 42.2 Å². The van der Waals surface area contributed by atoms with Gasteiger partial charge in [0.05, 0.1) is 6.07 Å². The van der Waals surface area contributed by atoms with Crippen LogP contribution in [-0.4, -0.2) is 24.8 Å². The van der Waals surface area contributed by atoms with Crippen molar-refractivity contribution in [1.82, 2.24) is 0 Å². The van der Waals surface area contributed by atoms with Crippen LogP contribution in [0.2, 0.25) is 0 Å². The minimum Gasteiger partial charge on any atom is -0.353 e. The second-order valence-electron chi connectivity index (χ2n) is 4.33. The lowest BCUT2D eigenvalue weighted by Gasteiger charge is -2.49. The fraction of sp³-hybridized carbons (Fsp3) is 0.462. The van der Waals surface area contributed by atoms with Crippen LogP contribution >= 0.6 is 27.7 Å². The van der Waals surface area contributed by atoms with Gasteiger partial charge in [-0.05, 0) is 24.3 Å². The highest BCUT2D eigenvalue weighted by Gasteiger charge is 2.57. The normalized spacial score (nSPS) is 19.9. The first-order chi connectivity index (χ1) is 8.57. The average Bonchev–Trinajstić information content (AvgIpc) is 2.36. The summed E-state index contributed by atoms with van der Waals surface area (Å²) in [4.78, 5) is 1.08. The molecule has 0 amide bonds. The Hall–Kier alpha value is -0.540. The van der Waals surface area contributed by atoms with Gasteiger partial charge in [0.2, 0.25) is 0 Å².